The van der Waals surface area contributed by atoms with Gasteiger partial charge in [0.05, 0.1) is 27.4 Å². The van der Waals surface area contributed by atoms with E-state index in [9.17, 15) is 25.5 Å². The van der Waals surface area contributed by atoms with Gasteiger partial charge >= 0.3 is 0 Å². The maximum Gasteiger partial charge on any atom is 0.269 e. The number of nitriles is 1. The quantitative estimate of drug-likeness (QED) is 0.155. The Morgan fingerprint density at radius 2 is 1.30 bits per heavy atom. The van der Waals surface area contributed by atoms with Crippen molar-refractivity contribution in [3.8, 4) is 6.07 Å². The Hall–Kier alpha value is -6.22. The van der Waals surface area contributed by atoms with E-state index in [1.54, 1.807) is 36.4 Å². The van der Waals surface area contributed by atoms with Crippen molar-refractivity contribution in [2.45, 2.75) is 0 Å². The topological polar surface area (TPSA) is 162 Å². The molecule has 0 amide bonds. The molecule has 0 heterocycles. The van der Waals surface area contributed by atoms with Crippen LogP contribution in [0.5, 0.6) is 0 Å². The lowest BCUT2D eigenvalue weighted by atomic mass is 10.1. The van der Waals surface area contributed by atoms with Crippen LogP contribution < -0.4 is 10.5 Å². The van der Waals surface area contributed by atoms with E-state index in [0.29, 0.717) is 28.2 Å². The first kappa shape index (κ1) is 26.8. The number of benzene rings is 4. The Kier molecular flexibility index (Phi) is 8.61. The molecule has 4 aromatic rings. The van der Waals surface area contributed by atoms with Gasteiger partial charge in [-0.1, -0.05) is 36.4 Å². The predicted molar refractivity (Wildman–Crippen MR) is 152 cm³/mol. The van der Waals surface area contributed by atoms with Gasteiger partial charge in [0.15, 0.2) is 5.71 Å². The van der Waals surface area contributed by atoms with Crippen molar-refractivity contribution >= 4 is 40.4 Å². The second-order valence-corrected chi connectivity index (χ2v) is 8.01. The van der Waals surface area contributed by atoms with E-state index in [0.717, 1.165) is 0 Å². The summed E-state index contributed by atoms with van der Waals surface area (Å²) in [7, 11) is 0. The molecule has 0 unspecified atom stereocenters. The molecule has 0 atom stereocenters. The molecule has 0 aliphatic carbocycles. The molecular weight excluding hydrogens is 512 g/mol. The zero-order valence-corrected chi connectivity index (χ0v) is 20.7. The van der Waals surface area contributed by atoms with Crippen LogP contribution in [0.1, 0.15) is 11.1 Å². The van der Waals surface area contributed by atoms with Crippen molar-refractivity contribution in [2.24, 2.45) is 15.3 Å². The van der Waals surface area contributed by atoms with Crippen LogP contribution in [0.3, 0.4) is 0 Å². The number of hydrazone groups is 3. The van der Waals surface area contributed by atoms with E-state index in [2.05, 4.69) is 20.7 Å². The third kappa shape index (κ3) is 6.96. The molecule has 196 valence electrons. The number of nitro benzene ring substituents is 2. The van der Waals surface area contributed by atoms with Gasteiger partial charge in [0, 0.05) is 35.4 Å². The summed E-state index contributed by atoms with van der Waals surface area (Å²) in [6, 6.07) is 31.2. The van der Waals surface area contributed by atoms with E-state index in [1.807, 2.05) is 42.5 Å². The molecule has 4 rings (SSSR count). The van der Waals surface area contributed by atoms with Gasteiger partial charge in [-0.3, -0.25) is 25.7 Å². The van der Waals surface area contributed by atoms with Gasteiger partial charge in [-0.05, 0) is 48.5 Å². The van der Waals surface area contributed by atoms with Crippen LogP contribution in [-0.4, -0.2) is 27.5 Å². The Morgan fingerprint density at radius 1 is 0.775 bits per heavy atom. The van der Waals surface area contributed by atoms with Crippen LogP contribution in [0.4, 0.5) is 22.7 Å². The number of para-hydroxylation sites is 2. The second-order valence-electron chi connectivity index (χ2n) is 8.01. The van der Waals surface area contributed by atoms with E-state index in [-0.39, 0.29) is 17.1 Å². The predicted octanol–water partition coefficient (Wildman–Crippen LogP) is 5.74. The number of hydrogen-bond donors (Lipinski definition) is 1. The molecule has 0 aliphatic rings. The number of nitrogens with zero attached hydrogens (tertiary/aromatic N) is 7. The SMILES string of the molecule is N#C/C(=N\N(/N=C/C(=N/Nc1ccccc1)c1ccc([N+](=O)[O-])cc1)c1ccccc1)c1ccc([N+](=O)[O-])cc1. The summed E-state index contributed by atoms with van der Waals surface area (Å²) in [6.45, 7) is 0. The first-order valence-electron chi connectivity index (χ1n) is 11.7. The zero-order valence-electron chi connectivity index (χ0n) is 20.7. The van der Waals surface area contributed by atoms with Crippen LogP contribution >= 0.6 is 0 Å². The number of hydrogen-bond acceptors (Lipinski definition) is 10. The molecule has 4 aromatic carbocycles. The number of non-ortho nitro benzene ring substituents is 2. The lowest BCUT2D eigenvalue weighted by molar-refractivity contribution is -0.385. The number of anilines is 2. The third-order valence-corrected chi connectivity index (χ3v) is 5.38. The molecule has 0 bridgehead atoms. The molecule has 1 N–H and O–H groups in total. The lowest BCUT2D eigenvalue weighted by Gasteiger charge is -2.14. The van der Waals surface area contributed by atoms with Crippen molar-refractivity contribution in [1.29, 1.82) is 5.26 Å². The highest BCUT2D eigenvalue weighted by Crippen LogP contribution is 2.18. The smallest absolute Gasteiger partial charge is 0.269 e. The van der Waals surface area contributed by atoms with Gasteiger partial charge in [-0.2, -0.15) is 20.6 Å². The number of nitrogens with one attached hydrogen (secondary N) is 1. The fourth-order valence-corrected chi connectivity index (χ4v) is 3.36. The molecule has 0 aliphatic heterocycles. The van der Waals surface area contributed by atoms with E-state index in [4.69, 9.17) is 0 Å². The van der Waals surface area contributed by atoms with Crippen LogP contribution in [0.15, 0.2) is 124 Å². The summed E-state index contributed by atoms with van der Waals surface area (Å²) in [6.07, 6.45) is 1.40. The molecule has 0 saturated carbocycles. The van der Waals surface area contributed by atoms with Gasteiger partial charge in [0.25, 0.3) is 11.4 Å². The van der Waals surface area contributed by atoms with E-state index >= 15 is 0 Å². The maximum atomic E-state index is 11.1. The van der Waals surface area contributed by atoms with Crippen LogP contribution in [0, 0.1) is 31.6 Å². The van der Waals surface area contributed by atoms with Crippen LogP contribution in [0.2, 0.25) is 0 Å². The second kappa shape index (κ2) is 12.8. The summed E-state index contributed by atoms with van der Waals surface area (Å²) in [5.41, 5.74) is 5.15. The van der Waals surface area contributed by atoms with Gasteiger partial charge in [-0.25, -0.2) is 0 Å². The molecule has 0 radical (unpaired) electrons. The highest BCUT2D eigenvalue weighted by atomic mass is 16.6. The van der Waals surface area contributed by atoms with E-state index in [1.165, 1.54) is 47.7 Å². The minimum Gasteiger partial charge on any atom is -0.278 e. The Bertz CT molecular complexity index is 1610. The molecule has 0 spiro atoms. The summed E-state index contributed by atoms with van der Waals surface area (Å²) >= 11 is 0. The summed E-state index contributed by atoms with van der Waals surface area (Å²) in [4.78, 5) is 21.1. The summed E-state index contributed by atoms with van der Waals surface area (Å²) < 4.78 is 0. The highest BCUT2D eigenvalue weighted by Gasteiger charge is 2.12. The molecule has 12 heteroatoms. The standard InChI is InChI=1S/C28H20N8O4/c29-19-27(21-11-15-25(16-12-21)35(37)38)33-34(24-9-5-2-6-10-24)30-20-28(32-31-23-7-3-1-4-8-23)22-13-17-26(18-14-22)36(39)40/h1-18,20,31H/b30-20+,32-28-,33-27+. The lowest BCUT2D eigenvalue weighted by Crippen LogP contribution is -2.15. The fraction of sp³-hybridized carbons (Fsp3) is 0. The Morgan fingerprint density at radius 3 is 1.82 bits per heavy atom. The average Bonchev–Trinajstić information content (AvgIpc) is 2.99. The van der Waals surface area contributed by atoms with Crippen molar-refractivity contribution in [2.75, 3.05) is 10.5 Å². The first-order chi connectivity index (χ1) is 19.4. The molecule has 0 saturated heterocycles. The summed E-state index contributed by atoms with van der Waals surface area (Å²) in [5.74, 6) is 0. The van der Waals surface area contributed by atoms with Crippen molar-refractivity contribution in [3.05, 3.63) is 141 Å². The van der Waals surface area contributed by atoms with Crippen molar-refractivity contribution in [1.82, 2.24) is 0 Å². The highest BCUT2D eigenvalue weighted by molar-refractivity contribution is 6.38. The first-order valence-corrected chi connectivity index (χ1v) is 11.7. The van der Waals surface area contributed by atoms with Crippen LogP contribution in [-0.2, 0) is 0 Å². The Balaban J connectivity index is 1.74. The number of nitro groups is 2. The van der Waals surface area contributed by atoms with Gasteiger partial charge < -0.3 is 0 Å². The zero-order chi connectivity index (χ0) is 28.3. The monoisotopic (exact) mass is 532 g/mol. The number of rotatable bonds is 10. The molecule has 12 nitrogen and oxygen atoms in total. The summed E-state index contributed by atoms with van der Waals surface area (Å²) in [5, 5.41) is 46.4. The average molecular weight is 533 g/mol. The minimum absolute atomic E-state index is 0.0351. The van der Waals surface area contributed by atoms with E-state index < -0.39 is 9.85 Å². The molecule has 0 aromatic heterocycles. The van der Waals surface area contributed by atoms with Gasteiger partial charge in [-0.15, -0.1) is 5.10 Å². The van der Waals surface area contributed by atoms with Gasteiger partial charge in [0.1, 0.15) is 11.8 Å². The molecular formula is C28H20N8O4. The normalized spacial score (nSPS) is 11.6. The van der Waals surface area contributed by atoms with Crippen molar-refractivity contribution in [3.63, 3.8) is 0 Å². The maximum absolute atomic E-state index is 11.1. The van der Waals surface area contributed by atoms with Crippen LogP contribution in [0.25, 0.3) is 0 Å². The minimum atomic E-state index is -0.532. The molecule has 40 heavy (non-hydrogen) atoms. The van der Waals surface area contributed by atoms with Gasteiger partial charge in [0.2, 0.25) is 0 Å². The molecule has 0 fully saturated rings. The third-order valence-electron chi connectivity index (χ3n) is 5.38. The fourth-order valence-electron chi connectivity index (χ4n) is 3.36. The Labute approximate surface area is 228 Å². The van der Waals surface area contributed by atoms with Crippen molar-refractivity contribution < 1.29 is 9.85 Å². The largest absolute Gasteiger partial charge is 0.278 e.